The molecule has 0 radical (unpaired) electrons. The second kappa shape index (κ2) is 8.09. The van der Waals surface area contributed by atoms with Gasteiger partial charge in [0, 0.05) is 31.6 Å². The van der Waals surface area contributed by atoms with Gasteiger partial charge in [-0.15, -0.1) is 0 Å². The summed E-state index contributed by atoms with van der Waals surface area (Å²) in [7, 11) is 2.08. The second-order valence-corrected chi connectivity index (χ2v) is 5.75. The smallest absolute Gasteiger partial charge is 0.317 e. The number of urea groups is 1. The molecule has 116 valence electrons. The normalized spacial score (nSPS) is 19.3. The van der Waals surface area contributed by atoms with E-state index in [1.165, 1.54) is 6.42 Å². The summed E-state index contributed by atoms with van der Waals surface area (Å²) in [5, 5.41) is 11.6. The molecule has 20 heavy (non-hydrogen) atoms. The van der Waals surface area contributed by atoms with E-state index in [9.17, 15) is 9.59 Å². The Balaban J connectivity index is 2.37. The average molecular weight is 285 g/mol. The highest BCUT2D eigenvalue weighted by Gasteiger charge is 2.23. The van der Waals surface area contributed by atoms with Gasteiger partial charge in [-0.2, -0.15) is 0 Å². The van der Waals surface area contributed by atoms with Crippen LogP contribution >= 0.6 is 0 Å². The number of nitrogens with one attached hydrogen (secondary N) is 1. The quantitative estimate of drug-likeness (QED) is 0.741. The number of amides is 2. The molecule has 1 unspecified atom stereocenters. The standard InChI is InChI=1S/C14H27N3O3/c1-11(2)17(9-5-7-13(18)19)14(20)15-10-12-6-4-8-16(12)3/h11-12H,4-10H2,1-3H3,(H,15,20)(H,18,19). The van der Waals surface area contributed by atoms with E-state index in [1.807, 2.05) is 13.8 Å². The SMILES string of the molecule is CC(C)N(CCCC(=O)O)C(=O)NCC1CCCN1C. The van der Waals surface area contributed by atoms with Gasteiger partial charge in [-0.3, -0.25) is 4.79 Å². The Morgan fingerprint density at radius 3 is 2.65 bits per heavy atom. The van der Waals surface area contributed by atoms with E-state index in [0.29, 0.717) is 25.6 Å². The highest BCUT2D eigenvalue weighted by molar-refractivity contribution is 5.74. The summed E-state index contributed by atoms with van der Waals surface area (Å²) in [6.07, 6.45) is 2.90. The number of likely N-dealkylation sites (N-methyl/N-ethyl adjacent to an activating group) is 1. The third kappa shape index (κ3) is 5.36. The lowest BCUT2D eigenvalue weighted by molar-refractivity contribution is -0.137. The van der Waals surface area contributed by atoms with Crippen molar-refractivity contribution in [1.82, 2.24) is 15.1 Å². The van der Waals surface area contributed by atoms with E-state index in [-0.39, 0.29) is 18.5 Å². The Morgan fingerprint density at radius 2 is 2.15 bits per heavy atom. The molecule has 6 heteroatoms. The number of likely N-dealkylation sites (tertiary alicyclic amines) is 1. The van der Waals surface area contributed by atoms with Crippen LogP contribution in [0.1, 0.15) is 39.5 Å². The number of hydrogen-bond donors (Lipinski definition) is 2. The first-order valence-electron chi connectivity index (χ1n) is 7.38. The van der Waals surface area contributed by atoms with E-state index < -0.39 is 5.97 Å². The molecule has 0 aromatic rings. The Bertz CT molecular complexity index is 334. The zero-order valence-electron chi connectivity index (χ0n) is 12.8. The lowest BCUT2D eigenvalue weighted by atomic mass is 10.2. The maximum absolute atomic E-state index is 12.2. The summed E-state index contributed by atoms with van der Waals surface area (Å²) < 4.78 is 0. The van der Waals surface area contributed by atoms with Crippen molar-refractivity contribution in [3.8, 4) is 0 Å². The molecule has 1 heterocycles. The number of carboxylic acids is 1. The van der Waals surface area contributed by atoms with Crippen molar-refractivity contribution < 1.29 is 14.7 Å². The van der Waals surface area contributed by atoms with E-state index in [4.69, 9.17) is 5.11 Å². The number of hydrogen-bond acceptors (Lipinski definition) is 3. The Kier molecular flexibility index (Phi) is 6.78. The summed E-state index contributed by atoms with van der Waals surface area (Å²) in [4.78, 5) is 26.7. The van der Waals surface area contributed by atoms with Gasteiger partial charge in [0.15, 0.2) is 0 Å². The van der Waals surface area contributed by atoms with E-state index >= 15 is 0 Å². The molecule has 0 aliphatic carbocycles. The molecule has 6 nitrogen and oxygen atoms in total. The van der Waals surface area contributed by atoms with Gasteiger partial charge in [-0.05, 0) is 46.7 Å². The molecule has 0 bridgehead atoms. The van der Waals surface area contributed by atoms with Crippen molar-refractivity contribution in [3.63, 3.8) is 0 Å². The summed E-state index contributed by atoms with van der Waals surface area (Å²) in [5.74, 6) is -0.818. The van der Waals surface area contributed by atoms with Crippen molar-refractivity contribution in [1.29, 1.82) is 0 Å². The minimum absolute atomic E-state index is 0.0742. The maximum Gasteiger partial charge on any atom is 0.317 e. The van der Waals surface area contributed by atoms with Crippen LogP contribution in [0.5, 0.6) is 0 Å². The predicted octanol–water partition coefficient (Wildman–Crippen LogP) is 1.37. The first-order chi connectivity index (χ1) is 9.41. The molecular formula is C14H27N3O3. The van der Waals surface area contributed by atoms with Gasteiger partial charge in [-0.1, -0.05) is 0 Å². The van der Waals surface area contributed by atoms with Gasteiger partial charge in [0.1, 0.15) is 0 Å². The molecular weight excluding hydrogens is 258 g/mol. The fraction of sp³-hybridized carbons (Fsp3) is 0.857. The number of rotatable bonds is 7. The molecule has 1 rings (SSSR count). The second-order valence-electron chi connectivity index (χ2n) is 5.75. The number of aliphatic carboxylic acids is 1. The number of carbonyl (C=O) groups is 2. The van der Waals surface area contributed by atoms with E-state index in [2.05, 4.69) is 17.3 Å². The van der Waals surface area contributed by atoms with Crippen LogP contribution in [0.2, 0.25) is 0 Å². The zero-order chi connectivity index (χ0) is 15.1. The van der Waals surface area contributed by atoms with Gasteiger partial charge in [-0.25, -0.2) is 4.79 Å². The molecule has 0 saturated carbocycles. The van der Waals surface area contributed by atoms with E-state index in [1.54, 1.807) is 4.90 Å². The molecule has 1 fully saturated rings. The van der Waals surface area contributed by atoms with Gasteiger partial charge in [0.2, 0.25) is 0 Å². The Labute approximate surface area is 121 Å². The third-order valence-corrected chi connectivity index (χ3v) is 3.83. The highest BCUT2D eigenvalue weighted by Crippen LogP contribution is 2.13. The summed E-state index contributed by atoms with van der Waals surface area (Å²) in [6, 6.07) is 0.405. The molecule has 0 aromatic carbocycles. The van der Waals surface area contributed by atoms with Crippen molar-refractivity contribution in [2.24, 2.45) is 0 Å². The molecule has 2 amide bonds. The molecule has 0 aromatic heterocycles. The van der Waals surface area contributed by atoms with Crippen LogP contribution in [-0.2, 0) is 4.79 Å². The van der Waals surface area contributed by atoms with Crippen molar-refractivity contribution >= 4 is 12.0 Å². The third-order valence-electron chi connectivity index (χ3n) is 3.83. The maximum atomic E-state index is 12.2. The topological polar surface area (TPSA) is 72.9 Å². The monoisotopic (exact) mass is 285 g/mol. The number of carbonyl (C=O) groups excluding carboxylic acids is 1. The molecule has 1 saturated heterocycles. The Hall–Kier alpha value is -1.30. The predicted molar refractivity (Wildman–Crippen MR) is 77.8 cm³/mol. The minimum atomic E-state index is -0.818. The summed E-state index contributed by atoms with van der Waals surface area (Å²) in [6.45, 7) is 6.13. The average Bonchev–Trinajstić information content (AvgIpc) is 2.76. The van der Waals surface area contributed by atoms with Crippen LogP contribution in [0.3, 0.4) is 0 Å². The zero-order valence-corrected chi connectivity index (χ0v) is 12.8. The van der Waals surface area contributed by atoms with Crippen LogP contribution < -0.4 is 5.32 Å². The van der Waals surface area contributed by atoms with Gasteiger partial charge < -0.3 is 20.2 Å². The van der Waals surface area contributed by atoms with Crippen molar-refractivity contribution in [3.05, 3.63) is 0 Å². The van der Waals surface area contributed by atoms with Crippen LogP contribution in [0.4, 0.5) is 4.79 Å². The molecule has 2 N–H and O–H groups in total. The van der Waals surface area contributed by atoms with Crippen LogP contribution in [0, 0.1) is 0 Å². The molecule has 0 spiro atoms. The lowest BCUT2D eigenvalue weighted by Gasteiger charge is -2.28. The largest absolute Gasteiger partial charge is 0.481 e. The fourth-order valence-corrected chi connectivity index (χ4v) is 2.54. The number of nitrogens with zero attached hydrogens (tertiary/aromatic N) is 2. The lowest BCUT2D eigenvalue weighted by Crippen LogP contribution is -2.48. The molecule has 1 aliphatic rings. The van der Waals surface area contributed by atoms with Crippen molar-refractivity contribution in [2.45, 2.75) is 51.6 Å². The van der Waals surface area contributed by atoms with Gasteiger partial charge in [0.25, 0.3) is 0 Å². The van der Waals surface area contributed by atoms with Crippen LogP contribution in [0.15, 0.2) is 0 Å². The highest BCUT2D eigenvalue weighted by atomic mass is 16.4. The summed E-state index contributed by atoms with van der Waals surface area (Å²) >= 11 is 0. The van der Waals surface area contributed by atoms with Gasteiger partial charge in [0.05, 0.1) is 0 Å². The van der Waals surface area contributed by atoms with E-state index in [0.717, 1.165) is 13.0 Å². The fourth-order valence-electron chi connectivity index (χ4n) is 2.54. The van der Waals surface area contributed by atoms with Crippen molar-refractivity contribution in [2.75, 3.05) is 26.7 Å². The van der Waals surface area contributed by atoms with Crippen LogP contribution in [0.25, 0.3) is 0 Å². The van der Waals surface area contributed by atoms with Gasteiger partial charge >= 0.3 is 12.0 Å². The first-order valence-corrected chi connectivity index (χ1v) is 7.38. The molecule has 1 atom stereocenters. The summed E-state index contributed by atoms with van der Waals surface area (Å²) in [5.41, 5.74) is 0. The minimum Gasteiger partial charge on any atom is -0.481 e. The number of carboxylic acid groups (broad SMARTS) is 1. The first kappa shape index (κ1) is 16.8. The molecule has 1 aliphatic heterocycles. The van der Waals surface area contributed by atoms with Crippen LogP contribution in [-0.4, -0.2) is 65.7 Å². The Morgan fingerprint density at radius 1 is 1.45 bits per heavy atom.